The molecule has 0 fully saturated rings. The van der Waals surface area contributed by atoms with Gasteiger partial charge in [0.2, 0.25) is 11.7 Å². The van der Waals surface area contributed by atoms with E-state index in [1.807, 2.05) is 6.92 Å². The van der Waals surface area contributed by atoms with Crippen LogP contribution in [-0.2, 0) is 4.79 Å². The van der Waals surface area contributed by atoms with Gasteiger partial charge in [-0.1, -0.05) is 6.08 Å². The molecule has 0 aliphatic carbocycles. The third kappa shape index (κ3) is 3.13. The third-order valence-electron chi connectivity index (χ3n) is 1.78. The van der Waals surface area contributed by atoms with Crippen LogP contribution in [0.15, 0.2) is 29.7 Å². The summed E-state index contributed by atoms with van der Waals surface area (Å²) in [5, 5.41) is 0.0849. The molecule has 1 rings (SSSR count). The lowest BCUT2D eigenvalue weighted by Crippen LogP contribution is -2.20. The minimum Gasteiger partial charge on any atom is -0.293 e. The Morgan fingerprint density at radius 3 is 2.88 bits per heavy atom. The number of rotatable bonds is 3. The Morgan fingerprint density at radius 1 is 1.62 bits per heavy atom. The second kappa shape index (κ2) is 5.97. The van der Waals surface area contributed by atoms with Crippen LogP contribution >= 0.6 is 11.6 Å². The molecule has 0 aliphatic rings. The zero-order valence-corrected chi connectivity index (χ0v) is 9.72. The fraction of sp³-hybridized carbons (Fsp3) is 0.200. The zero-order chi connectivity index (χ0) is 12.0. The van der Waals surface area contributed by atoms with Gasteiger partial charge in [0.1, 0.15) is 6.33 Å². The van der Waals surface area contributed by atoms with E-state index in [1.54, 1.807) is 18.3 Å². The van der Waals surface area contributed by atoms with Crippen molar-refractivity contribution < 1.29 is 4.79 Å². The van der Waals surface area contributed by atoms with Crippen LogP contribution in [0.4, 0.5) is 0 Å². The van der Waals surface area contributed by atoms with E-state index < -0.39 is 0 Å². The first-order chi connectivity index (χ1) is 7.69. The van der Waals surface area contributed by atoms with Crippen molar-refractivity contribution in [1.82, 2.24) is 14.9 Å². The number of amides is 1. The number of hydrogen-bond acceptors (Lipinski definition) is 4. The Morgan fingerprint density at radius 2 is 2.38 bits per heavy atom. The van der Waals surface area contributed by atoms with Gasteiger partial charge in [0.15, 0.2) is 0 Å². The average molecular weight is 239 g/mol. The molecule has 5 nitrogen and oxygen atoms in total. The Hall–Kier alpha value is -1.75. The summed E-state index contributed by atoms with van der Waals surface area (Å²) in [6.45, 7) is 1.81. The molecule has 1 aromatic heterocycles. The molecule has 1 amide bonds. The maximum Gasteiger partial charge on any atom is 0.215 e. The first-order valence-corrected chi connectivity index (χ1v) is 4.92. The predicted octanol–water partition coefficient (Wildman–Crippen LogP) is 1.52. The molecule has 0 aliphatic heterocycles. The van der Waals surface area contributed by atoms with Gasteiger partial charge < -0.3 is 0 Å². The van der Waals surface area contributed by atoms with Crippen molar-refractivity contribution >= 4 is 29.0 Å². The molecule has 0 saturated heterocycles. The normalized spacial score (nSPS) is 12.4. The number of carbonyl (C=O) groups is 1. The predicted molar refractivity (Wildman–Crippen MR) is 62.8 cm³/mol. The molecule has 6 heteroatoms. The Balaban J connectivity index is 2.99. The monoisotopic (exact) mass is 238 g/mol. The highest BCUT2D eigenvalue weighted by atomic mass is 35.5. The maximum atomic E-state index is 10.5. The van der Waals surface area contributed by atoms with Gasteiger partial charge in [-0.2, -0.15) is 0 Å². The zero-order valence-electron chi connectivity index (χ0n) is 8.96. The van der Waals surface area contributed by atoms with E-state index in [0.717, 1.165) is 0 Å². The summed E-state index contributed by atoms with van der Waals surface area (Å²) in [6, 6.07) is 1.71. The van der Waals surface area contributed by atoms with Crippen LogP contribution in [0, 0.1) is 0 Å². The van der Waals surface area contributed by atoms with Crippen LogP contribution in [0.25, 0.3) is 5.70 Å². The summed E-state index contributed by atoms with van der Waals surface area (Å²) < 4.78 is 0. The van der Waals surface area contributed by atoms with Crippen LogP contribution in [0.1, 0.15) is 12.6 Å². The summed E-state index contributed by atoms with van der Waals surface area (Å²) in [4.78, 5) is 23.6. The lowest BCUT2D eigenvalue weighted by molar-refractivity contribution is -0.113. The molecular formula is C10H11ClN4O. The highest BCUT2D eigenvalue weighted by Gasteiger charge is 2.05. The lowest BCUT2D eigenvalue weighted by atomic mass is 10.3. The fourth-order valence-corrected chi connectivity index (χ4v) is 1.06. The summed E-state index contributed by atoms with van der Waals surface area (Å²) >= 11 is 5.82. The van der Waals surface area contributed by atoms with Crippen molar-refractivity contribution in [3.8, 4) is 0 Å². The Bertz CT molecular complexity index is 416. The van der Waals surface area contributed by atoms with Gasteiger partial charge in [-0.25, -0.2) is 15.0 Å². The van der Waals surface area contributed by atoms with Crippen LogP contribution in [0.2, 0.25) is 0 Å². The van der Waals surface area contributed by atoms with Gasteiger partial charge in [-0.15, -0.1) is 0 Å². The van der Waals surface area contributed by atoms with Crippen LogP contribution in [0.3, 0.4) is 0 Å². The van der Waals surface area contributed by atoms with E-state index in [1.165, 1.54) is 18.3 Å². The minimum atomic E-state index is 0.0849. The first kappa shape index (κ1) is 12.3. The largest absolute Gasteiger partial charge is 0.293 e. The van der Waals surface area contributed by atoms with Gasteiger partial charge in [0, 0.05) is 13.2 Å². The fourth-order valence-electron chi connectivity index (χ4n) is 0.934. The minimum absolute atomic E-state index is 0.0849. The number of allylic oxidation sites excluding steroid dienone is 1. The molecule has 0 radical (unpaired) electrons. The highest BCUT2D eigenvalue weighted by molar-refractivity contribution is 6.65. The number of hydrogen-bond donors (Lipinski definition) is 0. The second-order valence-corrected chi connectivity index (χ2v) is 3.20. The first-order valence-electron chi connectivity index (χ1n) is 4.54. The molecule has 16 heavy (non-hydrogen) atoms. The van der Waals surface area contributed by atoms with Gasteiger partial charge in [-0.05, 0) is 24.6 Å². The summed E-state index contributed by atoms with van der Waals surface area (Å²) in [5.74, 6) is 0. The van der Waals surface area contributed by atoms with Crippen molar-refractivity contribution in [2.45, 2.75) is 6.92 Å². The van der Waals surface area contributed by atoms with Gasteiger partial charge in [0.25, 0.3) is 0 Å². The van der Waals surface area contributed by atoms with Crippen molar-refractivity contribution in [2.24, 2.45) is 4.99 Å². The second-order valence-electron chi connectivity index (χ2n) is 2.87. The maximum absolute atomic E-state index is 10.5. The lowest BCUT2D eigenvalue weighted by Gasteiger charge is -2.08. The number of halogens is 1. The van der Waals surface area contributed by atoms with E-state index in [-0.39, 0.29) is 5.29 Å². The van der Waals surface area contributed by atoms with Crippen molar-refractivity contribution in [2.75, 3.05) is 7.05 Å². The third-order valence-corrected chi connectivity index (χ3v) is 2.13. The number of carbonyl (C=O) groups excluding carboxylic acids is 1. The molecule has 1 aromatic rings. The van der Waals surface area contributed by atoms with E-state index in [4.69, 9.17) is 11.6 Å². The van der Waals surface area contributed by atoms with E-state index >= 15 is 0 Å². The molecule has 0 atom stereocenters. The highest BCUT2D eigenvalue weighted by Crippen LogP contribution is 2.13. The molecule has 0 aromatic carbocycles. The van der Waals surface area contributed by atoms with Crippen LogP contribution in [-0.4, -0.2) is 33.6 Å². The molecule has 0 spiro atoms. The van der Waals surface area contributed by atoms with Gasteiger partial charge in [-0.3, -0.25) is 9.69 Å². The molecular weight excluding hydrogens is 228 g/mol. The molecule has 84 valence electrons. The van der Waals surface area contributed by atoms with Gasteiger partial charge in [0.05, 0.1) is 11.4 Å². The van der Waals surface area contributed by atoms with Crippen molar-refractivity contribution in [1.29, 1.82) is 0 Å². The summed E-state index contributed by atoms with van der Waals surface area (Å²) in [7, 11) is 1.52. The number of amidine groups is 1. The van der Waals surface area contributed by atoms with E-state index in [9.17, 15) is 4.79 Å². The van der Waals surface area contributed by atoms with E-state index in [0.29, 0.717) is 17.8 Å². The Kier molecular flexibility index (Phi) is 4.60. The molecule has 0 unspecified atom stereocenters. The van der Waals surface area contributed by atoms with Gasteiger partial charge >= 0.3 is 0 Å². The average Bonchev–Trinajstić information content (AvgIpc) is 2.35. The van der Waals surface area contributed by atoms with E-state index in [2.05, 4.69) is 15.0 Å². The number of nitrogens with zero attached hydrogens (tertiary/aromatic N) is 4. The Labute approximate surface area is 98.5 Å². The molecule has 0 saturated carbocycles. The standard InChI is InChI=1S/C10H11ClN4O/c1-3-8(9-4-5-12-6-13-9)14-10(11)15(2)7-16/h3-7H,1-2H3. The van der Waals surface area contributed by atoms with Crippen molar-refractivity contribution in [3.63, 3.8) is 0 Å². The van der Waals surface area contributed by atoms with Crippen LogP contribution in [0.5, 0.6) is 0 Å². The molecule has 1 heterocycles. The summed E-state index contributed by atoms with van der Waals surface area (Å²) in [5.41, 5.74) is 1.23. The SMILES string of the molecule is CC=C(N=C(Cl)N(C)C=O)c1ccncn1. The number of aromatic nitrogens is 2. The topological polar surface area (TPSA) is 58.5 Å². The summed E-state index contributed by atoms with van der Waals surface area (Å²) in [6.07, 6.45) is 5.37. The van der Waals surface area contributed by atoms with Crippen LogP contribution < -0.4 is 0 Å². The molecule has 0 bridgehead atoms. The smallest absolute Gasteiger partial charge is 0.215 e. The number of aliphatic imine (C=N–C) groups is 1. The quantitative estimate of drug-likeness (QED) is 0.347. The van der Waals surface area contributed by atoms with Crippen molar-refractivity contribution in [3.05, 3.63) is 30.4 Å². The molecule has 0 N–H and O–H groups in total.